The predicted molar refractivity (Wildman–Crippen MR) is 87.5 cm³/mol. The number of hydrogen-bond donors (Lipinski definition) is 2. The molecule has 1 atom stereocenters. The number of aryl methyl sites for hydroxylation is 3. The summed E-state index contributed by atoms with van der Waals surface area (Å²) in [6, 6.07) is 4.71. The Kier molecular flexibility index (Phi) is 4.70. The number of anilines is 2. The first-order valence-electron chi connectivity index (χ1n) is 7.14. The van der Waals surface area contributed by atoms with Gasteiger partial charge in [-0.2, -0.15) is 5.10 Å². The lowest BCUT2D eigenvalue weighted by Crippen LogP contribution is -2.20. The molecule has 1 unspecified atom stereocenters. The standard InChI is InChI=1S/C15H24N4S/c1-5-6-13-14(16)15(19(4)18-13)17-10(2)9-12-8-7-11(3)20-12/h7-8,10,17H,5-6,9,16H2,1-4H3. The Morgan fingerprint density at radius 1 is 1.45 bits per heavy atom. The predicted octanol–water partition coefficient (Wildman–Crippen LogP) is 3.37. The molecule has 2 heterocycles. The van der Waals surface area contributed by atoms with Crippen molar-refractivity contribution in [1.29, 1.82) is 0 Å². The second-order valence-corrected chi connectivity index (χ2v) is 6.72. The molecule has 5 heteroatoms. The van der Waals surface area contributed by atoms with Gasteiger partial charge >= 0.3 is 0 Å². The third-order valence-electron chi connectivity index (χ3n) is 3.33. The molecule has 0 saturated heterocycles. The van der Waals surface area contributed by atoms with Crippen LogP contribution in [0.2, 0.25) is 0 Å². The van der Waals surface area contributed by atoms with Crippen LogP contribution in [0.3, 0.4) is 0 Å². The van der Waals surface area contributed by atoms with Crippen LogP contribution in [0.5, 0.6) is 0 Å². The number of nitrogen functional groups attached to an aromatic ring is 1. The number of thiophene rings is 1. The largest absolute Gasteiger partial charge is 0.394 e. The van der Waals surface area contributed by atoms with E-state index in [1.165, 1.54) is 9.75 Å². The van der Waals surface area contributed by atoms with Crippen molar-refractivity contribution in [2.24, 2.45) is 7.05 Å². The van der Waals surface area contributed by atoms with Crippen LogP contribution >= 0.6 is 11.3 Å². The smallest absolute Gasteiger partial charge is 0.147 e. The fourth-order valence-electron chi connectivity index (χ4n) is 2.37. The van der Waals surface area contributed by atoms with E-state index in [1.807, 2.05) is 23.1 Å². The van der Waals surface area contributed by atoms with Crippen LogP contribution in [0.15, 0.2) is 12.1 Å². The van der Waals surface area contributed by atoms with Crippen LogP contribution < -0.4 is 11.1 Å². The maximum absolute atomic E-state index is 6.19. The first-order valence-corrected chi connectivity index (χ1v) is 7.96. The number of nitrogens with two attached hydrogens (primary N) is 1. The summed E-state index contributed by atoms with van der Waals surface area (Å²) < 4.78 is 1.86. The normalized spacial score (nSPS) is 12.6. The Bertz CT molecular complexity index is 570. The van der Waals surface area contributed by atoms with Gasteiger partial charge in [-0.3, -0.25) is 4.68 Å². The molecule has 0 aliphatic rings. The van der Waals surface area contributed by atoms with Crippen molar-refractivity contribution in [3.8, 4) is 0 Å². The molecule has 0 spiro atoms. The highest BCUT2D eigenvalue weighted by molar-refractivity contribution is 7.11. The number of nitrogens with zero attached hydrogens (tertiary/aromatic N) is 2. The number of aromatic nitrogens is 2. The molecule has 20 heavy (non-hydrogen) atoms. The first-order chi connectivity index (χ1) is 9.51. The average Bonchev–Trinajstić information content (AvgIpc) is 2.89. The summed E-state index contributed by atoms with van der Waals surface area (Å²) in [7, 11) is 1.94. The molecular weight excluding hydrogens is 268 g/mol. The zero-order valence-corrected chi connectivity index (χ0v) is 13.5. The van der Waals surface area contributed by atoms with Crippen LogP contribution in [0.1, 0.15) is 35.7 Å². The monoisotopic (exact) mass is 292 g/mol. The highest BCUT2D eigenvalue weighted by atomic mass is 32.1. The molecule has 0 aliphatic carbocycles. The van der Waals surface area contributed by atoms with E-state index in [-0.39, 0.29) is 0 Å². The lowest BCUT2D eigenvalue weighted by Gasteiger charge is -2.15. The quantitative estimate of drug-likeness (QED) is 0.858. The lowest BCUT2D eigenvalue weighted by atomic mass is 10.2. The fraction of sp³-hybridized carbons (Fsp3) is 0.533. The topological polar surface area (TPSA) is 55.9 Å². The molecule has 0 saturated carbocycles. The van der Waals surface area contributed by atoms with Crippen molar-refractivity contribution < 1.29 is 0 Å². The molecule has 0 amide bonds. The fourth-order valence-corrected chi connectivity index (χ4v) is 3.39. The van der Waals surface area contributed by atoms with Crippen LogP contribution in [0.25, 0.3) is 0 Å². The van der Waals surface area contributed by atoms with E-state index in [0.717, 1.165) is 36.5 Å². The van der Waals surface area contributed by atoms with Gasteiger partial charge in [0.2, 0.25) is 0 Å². The van der Waals surface area contributed by atoms with Crippen molar-refractivity contribution in [3.05, 3.63) is 27.6 Å². The van der Waals surface area contributed by atoms with Gasteiger partial charge < -0.3 is 11.1 Å². The second kappa shape index (κ2) is 6.31. The molecule has 4 nitrogen and oxygen atoms in total. The molecule has 2 aromatic rings. The number of hydrogen-bond acceptors (Lipinski definition) is 4. The van der Waals surface area contributed by atoms with Gasteiger partial charge in [0, 0.05) is 29.3 Å². The third kappa shape index (κ3) is 3.33. The Hall–Kier alpha value is -1.49. The first kappa shape index (κ1) is 14.9. The van der Waals surface area contributed by atoms with Crippen LogP contribution in [0.4, 0.5) is 11.5 Å². The highest BCUT2D eigenvalue weighted by Gasteiger charge is 2.15. The van der Waals surface area contributed by atoms with Gasteiger partial charge in [-0.1, -0.05) is 13.3 Å². The van der Waals surface area contributed by atoms with E-state index in [4.69, 9.17) is 5.73 Å². The maximum atomic E-state index is 6.19. The zero-order valence-electron chi connectivity index (χ0n) is 12.7. The Labute approximate surface area is 125 Å². The van der Waals surface area contributed by atoms with Crippen LogP contribution in [-0.2, 0) is 19.9 Å². The van der Waals surface area contributed by atoms with E-state index in [0.29, 0.717) is 6.04 Å². The van der Waals surface area contributed by atoms with Crippen LogP contribution in [-0.4, -0.2) is 15.8 Å². The van der Waals surface area contributed by atoms with Gasteiger partial charge in [0.05, 0.1) is 11.4 Å². The van der Waals surface area contributed by atoms with E-state index < -0.39 is 0 Å². The molecule has 0 fully saturated rings. The lowest BCUT2D eigenvalue weighted by molar-refractivity contribution is 0.715. The van der Waals surface area contributed by atoms with Crippen molar-refractivity contribution in [3.63, 3.8) is 0 Å². The van der Waals surface area contributed by atoms with E-state index in [9.17, 15) is 0 Å². The molecule has 2 rings (SSSR count). The zero-order chi connectivity index (χ0) is 14.7. The third-order valence-corrected chi connectivity index (χ3v) is 4.36. The Morgan fingerprint density at radius 3 is 2.80 bits per heavy atom. The summed E-state index contributed by atoms with van der Waals surface area (Å²) >= 11 is 1.85. The Balaban J connectivity index is 2.05. The summed E-state index contributed by atoms with van der Waals surface area (Å²) in [5.74, 6) is 0.939. The number of nitrogens with one attached hydrogen (secondary N) is 1. The second-order valence-electron chi connectivity index (χ2n) is 5.34. The highest BCUT2D eigenvalue weighted by Crippen LogP contribution is 2.25. The van der Waals surface area contributed by atoms with Gasteiger partial charge in [-0.05, 0) is 32.4 Å². The number of rotatable bonds is 6. The maximum Gasteiger partial charge on any atom is 0.147 e. The van der Waals surface area contributed by atoms with Crippen molar-refractivity contribution >= 4 is 22.8 Å². The summed E-state index contributed by atoms with van der Waals surface area (Å²) in [4.78, 5) is 2.76. The van der Waals surface area contributed by atoms with Crippen LogP contribution in [0, 0.1) is 6.92 Å². The van der Waals surface area contributed by atoms with Gasteiger partial charge in [-0.15, -0.1) is 11.3 Å². The summed E-state index contributed by atoms with van der Waals surface area (Å²) in [6.07, 6.45) is 3.00. The summed E-state index contributed by atoms with van der Waals surface area (Å²) in [6.45, 7) is 6.46. The molecule has 110 valence electrons. The summed E-state index contributed by atoms with van der Waals surface area (Å²) in [5, 5.41) is 7.99. The van der Waals surface area contributed by atoms with Gasteiger partial charge in [-0.25, -0.2) is 0 Å². The molecule has 3 N–H and O–H groups in total. The molecule has 0 aromatic carbocycles. The van der Waals surface area contributed by atoms with E-state index >= 15 is 0 Å². The van der Waals surface area contributed by atoms with Gasteiger partial charge in [0.25, 0.3) is 0 Å². The van der Waals surface area contributed by atoms with Crippen molar-refractivity contribution in [2.45, 2.75) is 46.1 Å². The molecule has 0 bridgehead atoms. The minimum absolute atomic E-state index is 0.334. The Morgan fingerprint density at radius 2 is 2.20 bits per heavy atom. The van der Waals surface area contributed by atoms with Crippen molar-refractivity contribution in [1.82, 2.24) is 9.78 Å². The molecule has 0 radical (unpaired) electrons. The van der Waals surface area contributed by atoms with Crippen molar-refractivity contribution in [2.75, 3.05) is 11.1 Å². The average molecular weight is 292 g/mol. The van der Waals surface area contributed by atoms with Gasteiger partial charge in [0.1, 0.15) is 5.82 Å². The minimum atomic E-state index is 0.334. The molecular formula is C15H24N4S. The summed E-state index contributed by atoms with van der Waals surface area (Å²) in [5.41, 5.74) is 7.98. The molecule has 0 aliphatic heterocycles. The molecule has 2 aromatic heterocycles. The van der Waals surface area contributed by atoms with Gasteiger partial charge in [0.15, 0.2) is 0 Å². The van der Waals surface area contributed by atoms with E-state index in [1.54, 1.807) is 0 Å². The van der Waals surface area contributed by atoms with E-state index in [2.05, 4.69) is 43.3 Å². The SMILES string of the molecule is CCCc1nn(C)c(NC(C)Cc2ccc(C)s2)c1N. The minimum Gasteiger partial charge on any atom is -0.394 e.